The Bertz CT molecular complexity index is 809. The van der Waals surface area contributed by atoms with Crippen LogP contribution in [0.5, 0.6) is 0 Å². The standard InChI is InChI=1S/C20H17N.ClH/c1-14-11-18-17-10-6-5-9-16(17)13-19(18)20(21-14)12-15-7-3-2-4-8-15;/h2-11H,12-13H2,1H3;1H. The normalized spacial score (nSPS) is 11.5. The number of pyridine rings is 1. The molecule has 1 heterocycles. The lowest BCUT2D eigenvalue weighted by Crippen LogP contribution is -2.00. The molecule has 0 spiro atoms. The molecule has 0 radical (unpaired) electrons. The molecular formula is C20H18ClN. The van der Waals surface area contributed by atoms with E-state index < -0.39 is 0 Å². The molecule has 1 aromatic heterocycles. The van der Waals surface area contributed by atoms with Crippen molar-refractivity contribution < 1.29 is 0 Å². The van der Waals surface area contributed by atoms with Gasteiger partial charge in [0.2, 0.25) is 0 Å². The number of fused-ring (bicyclic) bond motifs is 3. The maximum atomic E-state index is 4.82. The van der Waals surface area contributed by atoms with E-state index in [0.29, 0.717) is 0 Å². The number of aryl methyl sites for hydroxylation is 1. The molecule has 0 fully saturated rings. The van der Waals surface area contributed by atoms with Crippen LogP contribution in [0.4, 0.5) is 0 Å². The van der Waals surface area contributed by atoms with Gasteiger partial charge in [0.05, 0.1) is 0 Å². The highest BCUT2D eigenvalue weighted by atomic mass is 35.5. The van der Waals surface area contributed by atoms with E-state index in [9.17, 15) is 0 Å². The molecule has 22 heavy (non-hydrogen) atoms. The van der Waals surface area contributed by atoms with Crippen molar-refractivity contribution in [3.05, 3.63) is 88.7 Å². The van der Waals surface area contributed by atoms with Crippen LogP contribution in [0.25, 0.3) is 11.1 Å². The molecule has 0 atom stereocenters. The molecule has 3 aromatic rings. The third kappa shape index (κ3) is 2.53. The smallest absolute Gasteiger partial charge is 0.0492 e. The molecule has 1 aliphatic carbocycles. The van der Waals surface area contributed by atoms with Gasteiger partial charge in [0, 0.05) is 24.2 Å². The summed E-state index contributed by atoms with van der Waals surface area (Å²) in [6.07, 6.45) is 1.93. The fourth-order valence-electron chi connectivity index (χ4n) is 3.26. The van der Waals surface area contributed by atoms with E-state index in [2.05, 4.69) is 67.6 Å². The molecule has 1 nitrogen and oxygen atoms in total. The van der Waals surface area contributed by atoms with Crippen LogP contribution >= 0.6 is 12.4 Å². The van der Waals surface area contributed by atoms with Crippen LogP contribution < -0.4 is 0 Å². The Morgan fingerprint density at radius 3 is 2.45 bits per heavy atom. The first-order valence-electron chi connectivity index (χ1n) is 7.43. The number of benzene rings is 2. The quantitative estimate of drug-likeness (QED) is 0.509. The van der Waals surface area contributed by atoms with Crippen LogP contribution in [0.1, 0.15) is 28.1 Å². The molecule has 0 saturated carbocycles. The molecule has 0 amide bonds. The Kier molecular flexibility index (Phi) is 4.00. The Balaban J connectivity index is 0.00000144. The van der Waals surface area contributed by atoms with Gasteiger partial charge in [-0.2, -0.15) is 0 Å². The molecule has 0 N–H and O–H groups in total. The molecule has 0 aliphatic heterocycles. The minimum atomic E-state index is 0. The van der Waals surface area contributed by atoms with Gasteiger partial charge in [0.25, 0.3) is 0 Å². The summed E-state index contributed by atoms with van der Waals surface area (Å²) in [6, 6.07) is 21.6. The summed E-state index contributed by atoms with van der Waals surface area (Å²) in [7, 11) is 0. The van der Waals surface area contributed by atoms with Gasteiger partial charge in [-0.3, -0.25) is 4.98 Å². The fraction of sp³-hybridized carbons (Fsp3) is 0.150. The van der Waals surface area contributed by atoms with Crippen molar-refractivity contribution in [1.29, 1.82) is 0 Å². The summed E-state index contributed by atoms with van der Waals surface area (Å²) >= 11 is 0. The first kappa shape index (κ1) is 14.8. The number of hydrogen-bond acceptors (Lipinski definition) is 1. The van der Waals surface area contributed by atoms with Crippen molar-refractivity contribution in [2.45, 2.75) is 19.8 Å². The van der Waals surface area contributed by atoms with E-state index in [0.717, 1.165) is 18.5 Å². The Morgan fingerprint density at radius 1 is 0.909 bits per heavy atom. The van der Waals surface area contributed by atoms with E-state index in [1.165, 1.54) is 33.5 Å². The summed E-state index contributed by atoms with van der Waals surface area (Å²) in [4.78, 5) is 4.82. The number of aromatic nitrogens is 1. The second-order valence-electron chi connectivity index (χ2n) is 5.73. The Morgan fingerprint density at radius 2 is 1.64 bits per heavy atom. The number of nitrogens with zero attached hydrogens (tertiary/aromatic N) is 1. The third-order valence-electron chi connectivity index (χ3n) is 4.23. The van der Waals surface area contributed by atoms with Crippen LogP contribution in [0.15, 0.2) is 60.7 Å². The van der Waals surface area contributed by atoms with Gasteiger partial charge in [0.15, 0.2) is 0 Å². The lowest BCUT2D eigenvalue weighted by Gasteiger charge is -2.10. The Hall–Kier alpha value is -2.12. The largest absolute Gasteiger partial charge is 0.257 e. The molecule has 4 rings (SSSR count). The second kappa shape index (κ2) is 5.94. The Labute approximate surface area is 137 Å². The van der Waals surface area contributed by atoms with Gasteiger partial charge in [-0.25, -0.2) is 0 Å². The van der Waals surface area contributed by atoms with Gasteiger partial charge in [-0.1, -0.05) is 54.6 Å². The van der Waals surface area contributed by atoms with Crippen molar-refractivity contribution in [2.24, 2.45) is 0 Å². The molecular weight excluding hydrogens is 290 g/mol. The molecule has 1 aliphatic rings. The predicted molar refractivity (Wildman–Crippen MR) is 93.7 cm³/mol. The summed E-state index contributed by atoms with van der Waals surface area (Å²) in [5, 5.41) is 0. The van der Waals surface area contributed by atoms with Crippen molar-refractivity contribution in [2.75, 3.05) is 0 Å². The highest BCUT2D eigenvalue weighted by molar-refractivity contribution is 5.85. The van der Waals surface area contributed by atoms with Crippen LogP contribution in [0.3, 0.4) is 0 Å². The predicted octanol–water partition coefficient (Wildman–Crippen LogP) is 4.97. The average molecular weight is 308 g/mol. The van der Waals surface area contributed by atoms with Crippen LogP contribution in [-0.4, -0.2) is 4.98 Å². The van der Waals surface area contributed by atoms with Crippen molar-refractivity contribution in [3.63, 3.8) is 0 Å². The maximum absolute atomic E-state index is 4.82. The first-order valence-corrected chi connectivity index (χ1v) is 7.43. The molecule has 0 bridgehead atoms. The van der Waals surface area contributed by atoms with Gasteiger partial charge >= 0.3 is 0 Å². The molecule has 110 valence electrons. The van der Waals surface area contributed by atoms with E-state index >= 15 is 0 Å². The molecule has 2 heteroatoms. The molecule has 2 aromatic carbocycles. The maximum Gasteiger partial charge on any atom is 0.0492 e. The number of hydrogen-bond donors (Lipinski definition) is 0. The van der Waals surface area contributed by atoms with Gasteiger partial charge in [0.1, 0.15) is 0 Å². The van der Waals surface area contributed by atoms with Gasteiger partial charge in [-0.05, 0) is 40.8 Å². The summed E-state index contributed by atoms with van der Waals surface area (Å²) in [5.74, 6) is 0. The number of halogens is 1. The zero-order valence-corrected chi connectivity index (χ0v) is 13.4. The second-order valence-corrected chi connectivity index (χ2v) is 5.73. The highest BCUT2D eigenvalue weighted by Gasteiger charge is 2.22. The van der Waals surface area contributed by atoms with Gasteiger partial charge < -0.3 is 0 Å². The fourth-order valence-corrected chi connectivity index (χ4v) is 3.26. The van der Waals surface area contributed by atoms with Crippen molar-refractivity contribution in [3.8, 4) is 11.1 Å². The van der Waals surface area contributed by atoms with Crippen molar-refractivity contribution in [1.82, 2.24) is 4.98 Å². The van der Waals surface area contributed by atoms with E-state index in [4.69, 9.17) is 4.98 Å². The van der Waals surface area contributed by atoms with Crippen LogP contribution in [-0.2, 0) is 12.8 Å². The van der Waals surface area contributed by atoms with E-state index in [-0.39, 0.29) is 12.4 Å². The third-order valence-corrected chi connectivity index (χ3v) is 4.23. The van der Waals surface area contributed by atoms with Crippen molar-refractivity contribution >= 4 is 12.4 Å². The zero-order chi connectivity index (χ0) is 14.2. The topological polar surface area (TPSA) is 12.9 Å². The lowest BCUT2D eigenvalue weighted by atomic mass is 10.0. The lowest BCUT2D eigenvalue weighted by molar-refractivity contribution is 0.998. The zero-order valence-electron chi connectivity index (χ0n) is 12.5. The average Bonchev–Trinajstić information content (AvgIpc) is 2.87. The first-order chi connectivity index (χ1) is 10.3. The van der Waals surface area contributed by atoms with Crippen LogP contribution in [0.2, 0.25) is 0 Å². The minimum absolute atomic E-state index is 0. The minimum Gasteiger partial charge on any atom is -0.257 e. The van der Waals surface area contributed by atoms with Crippen LogP contribution in [0, 0.1) is 6.92 Å². The SMILES string of the molecule is Cc1cc2c(c(Cc3ccccc3)n1)Cc1ccccc1-2.Cl. The molecule has 0 saturated heterocycles. The van der Waals surface area contributed by atoms with Gasteiger partial charge in [-0.15, -0.1) is 12.4 Å². The van der Waals surface area contributed by atoms with E-state index in [1.807, 2.05) is 0 Å². The highest BCUT2D eigenvalue weighted by Crippen LogP contribution is 2.38. The number of rotatable bonds is 2. The monoisotopic (exact) mass is 307 g/mol. The van der Waals surface area contributed by atoms with E-state index in [1.54, 1.807) is 0 Å². The summed E-state index contributed by atoms with van der Waals surface area (Å²) < 4.78 is 0. The summed E-state index contributed by atoms with van der Waals surface area (Å²) in [5.41, 5.74) is 9.26. The molecule has 0 unspecified atom stereocenters. The summed E-state index contributed by atoms with van der Waals surface area (Å²) in [6.45, 7) is 2.09.